The normalized spacial score (nSPS) is 22.7. The van der Waals surface area contributed by atoms with E-state index in [9.17, 15) is 9.59 Å². The lowest BCUT2D eigenvalue weighted by atomic mass is 10.2. The Bertz CT molecular complexity index is 373. The number of morpholine rings is 1. The van der Waals surface area contributed by atoms with Crippen molar-refractivity contribution in [2.75, 3.05) is 53.4 Å². The molecule has 2 aliphatic rings. The first kappa shape index (κ1) is 16.0. The van der Waals surface area contributed by atoms with Crippen LogP contribution in [0.15, 0.2) is 0 Å². The minimum Gasteiger partial charge on any atom is -0.374 e. The van der Waals surface area contributed by atoms with Crippen molar-refractivity contribution in [3.8, 4) is 0 Å². The number of ether oxygens (including phenoxy) is 1. The first-order valence-corrected chi connectivity index (χ1v) is 7.62. The van der Waals surface area contributed by atoms with Gasteiger partial charge in [-0.1, -0.05) is 0 Å². The molecule has 2 fully saturated rings. The molecule has 7 heteroatoms. The molecule has 120 valence electrons. The van der Waals surface area contributed by atoms with Crippen LogP contribution in [0.2, 0.25) is 0 Å². The largest absolute Gasteiger partial charge is 0.374 e. The monoisotopic (exact) mass is 298 g/mol. The van der Waals surface area contributed by atoms with Crippen molar-refractivity contribution in [1.82, 2.24) is 20.4 Å². The fraction of sp³-hybridized carbons (Fsp3) is 0.857. The molecule has 0 aromatic carbocycles. The Morgan fingerprint density at radius 1 is 1.33 bits per heavy atom. The molecule has 0 unspecified atom stereocenters. The molecule has 21 heavy (non-hydrogen) atoms. The highest BCUT2D eigenvalue weighted by Crippen LogP contribution is 2.29. The van der Waals surface area contributed by atoms with Gasteiger partial charge in [-0.15, -0.1) is 0 Å². The van der Waals surface area contributed by atoms with Gasteiger partial charge in [0.15, 0.2) is 0 Å². The van der Waals surface area contributed by atoms with Crippen LogP contribution in [0.25, 0.3) is 0 Å². The first-order chi connectivity index (χ1) is 10.1. The molecule has 0 spiro atoms. The Kier molecular flexibility index (Phi) is 5.81. The van der Waals surface area contributed by atoms with Crippen molar-refractivity contribution in [3.63, 3.8) is 0 Å². The van der Waals surface area contributed by atoms with Gasteiger partial charge >= 0.3 is 6.03 Å². The Morgan fingerprint density at radius 2 is 2.10 bits per heavy atom. The van der Waals surface area contributed by atoms with E-state index in [2.05, 4.69) is 22.6 Å². The standard InChI is InChI=1S/C14H26N4O3/c1-15-14(20)16-7-13(19)18(8-11-3-4-11)10-12-9-17(2)5-6-21-12/h11-12H,3-10H2,1-2H3,(H2,15,16,20)/t12-/m1/s1. The maximum absolute atomic E-state index is 12.3. The second kappa shape index (κ2) is 7.61. The van der Waals surface area contributed by atoms with Crippen LogP contribution in [-0.4, -0.2) is 81.3 Å². The maximum Gasteiger partial charge on any atom is 0.314 e. The average molecular weight is 298 g/mol. The number of likely N-dealkylation sites (N-methyl/N-ethyl adjacent to an activating group) is 1. The molecule has 1 saturated heterocycles. The van der Waals surface area contributed by atoms with E-state index in [0.29, 0.717) is 19.1 Å². The third-order valence-electron chi connectivity index (χ3n) is 3.92. The zero-order chi connectivity index (χ0) is 15.2. The lowest BCUT2D eigenvalue weighted by molar-refractivity contribution is -0.133. The second-order valence-corrected chi connectivity index (χ2v) is 5.93. The van der Waals surface area contributed by atoms with Gasteiger partial charge in [-0.05, 0) is 25.8 Å². The van der Waals surface area contributed by atoms with Crippen molar-refractivity contribution in [1.29, 1.82) is 0 Å². The van der Waals surface area contributed by atoms with Crippen molar-refractivity contribution < 1.29 is 14.3 Å². The molecule has 7 nitrogen and oxygen atoms in total. The minimum atomic E-state index is -0.330. The Morgan fingerprint density at radius 3 is 2.71 bits per heavy atom. The SMILES string of the molecule is CNC(=O)NCC(=O)N(CC1CC1)C[C@H]1CN(C)CCO1. The van der Waals surface area contributed by atoms with Crippen molar-refractivity contribution in [2.45, 2.75) is 18.9 Å². The fourth-order valence-electron chi connectivity index (χ4n) is 2.47. The van der Waals surface area contributed by atoms with E-state index in [1.807, 2.05) is 4.90 Å². The summed E-state index contributed by atoms with van der Waals surface area (Å²) >= 11 is 0. The third kappa shape index (κ3) is 5.51. The van der Waals surface area contributed by atoms with Crippen LogP contribution in [0.3, 0.4) is 0 Å². The Balaban J connectivity index is 1.83. The van der Waals surface area contributed by atoms with Crippen LogP contribution >= 0.6 is 0 Å². The van der Waals surface area contributed by atoms with E-state index >= 15 is 0 Å². The quantitative estimate of drug-likeness (QED) is 0.692. The van der Waals surface area contributed by atoms with Gasteiger partial charge in [-0.2, -0.15) is 0 Å². The second-order valence-electron chi connectivity index (χ2n) is 5.93. The summed E-state index contributed by atoms with van der Waals surface area (Å²) in [5, 5.41) is 5.01. The summed E-state index contributed by atoms with van der Waals surface area (Å²) in [7, 11) is 3.60. The molecule has 0 bridgehead atoms. The third-order valence-corrected chi connectivity index (χ3v) is 3.92. The number of hydrogen-bond acceptors (Lipinski definition) is 4. The van der Waals surface area contributed by atoms with Gasteiger partial charge in [0.25, 0.3) is 0 Å². The van der Waals surface area contributed by atoms with Crippen LogP contribution in [0.4, 0.5) is 4.79 Å². The van der Waals surface area contributed by atoms with Crippen LogP contribution in [-0.2, 0) is 9.53 Å². The highest BCUT2D eigenvalue weighted by Gasteiger charge is 2.29. The van der Waals surface area contributed by atoms with Gasteiger partial charge in [0, 0.05) is 33.2 Å². The van der Waals surface area contributed by atoms with Crippen LogP contribution in [0.5, 0.6) is 0 Å². The Labute approximate surface area is 126 Å². The van der Waals surface area contributed by atoms with Crippen LogP contribution in [0, 0.1) is 5.92 Å². The number of nitrogens with zero attached hydrogens (tertiary/aromatic N) is 2. The summed E-state index contributed by atoms with van der Waals surface area (Å²) in [5.41, 5.74) is 0. The van der Waals surface area contributed by atoms with Gasteiger partial charge in [0.2, 0.25) is 5.91 Å². The topological polar surface area (TPSA) is 73.9 Å². The molecule has 2 rings (SSSR count). The zero-order valence-electron chi connectivity index (χ0n) is 12.9. The van der Waals surface area contributed by atoms with E-state index < -0.39 is 0 Å². The number of carbonyl (C=O) groups is 2. The van der Waals surface area contributed by atoms with Crippen molar-refractivity contribution >= 4 is 11.9 Å². The number of hydrogen-bond donors (Lipinski definition) is 2. The fourth-order valence-corrected chi connectivity index (χ4v) is 2.47. The van der Waals surface area contributed by atoms with Crippen LogP contribution < -0.4 is 10.6 Å². The van der Waals surface area contributed by atoms with E-state index in [-0.39, 0.29) is 24.6 Å². The lowest BCUT2D eigenvalue weighted by Crippen LogP contribution is -2.50. The van der Waals surface area contributed by atoms with Gasteiger partial charge in [-0.25, -0.2) is 4.79 Å². The summed E-state index contributed by atoms with van der Waals surface area (Å²) in [4.78, 5) is 27.5. The number of rotatable bonds is 6. The van der Waals surface area contributed by atoms with Crippen LogP contribution in [0.1, 0.15) is 12.8 Å². The summed E-state index contributed by atoms with van der Waals surface area (Å²) in [6.45, 7) is 3.91. The number of urea groups is 1. The van der Waals surface area contributed by atoms with Gasteiger partial charge < -0.3 is 25.2 Å². The number of nitrogens with one attached hydrogen (secondary N) is 2. The predicted octanol–water partition coefficient (Wildman–Crippen LogP) is -0.515. The summed E-state index contributed by atoms with van der Waals surface area (Å²) in [6.07, 6.45) is 2.45. The van der Waals surface area contributed by atoms with E-state index in [1.54, 1.807) is 0 Å². The van der Waals surface area contributed by atoms with E-state index in [0.717, 1.165) is 19.6 Å². The molecule has 1 saturated carbocycles. The van der Waals surface area contributed by atoms with Crippen molar-refractivity contribution in [2.24, 2.45) is 5.92 Å². The molecule has 1 atom stereocenters. The van der Waals surface area contributed by atoms with Gasteiger partial charge in [0.1, 0.15) is 0 Å². The molecule has 1 aliphatic carbocycles. The lowest BCUT2D eigenvalue weighted by Gasteiger charge is -2.34. The molecule has 0 radical (unpaired) electrons. The van der Waals surface area contributed by atoms with E-state index in [4.69, 9.17) is 4.74 Å². The molecule has 1 heterocycles. The van der Waals surface area contributed by atoms with Gasteiger partial charge in [-0.3, -0.25) is 4.79 Å². The number of carbonyl (C=O) groups excluding carboxylic acids is 2. The molecule has 0 aromatic rings. The minimum absolute atomic E-state index is 0.0367. The van der Waals surface area contributed by atoms with E-state index in [1.165, 1.54) is 19.9 Å². The zero-order valence-corrected chi connectivity index (χ0v) is 12.9. The number of amides is 3. The summed E-state index contributed by atoms with van der Waals surface area (Å²) in [6, 6.07) is -0.330. The molecule has 1 aliphatic heterocycles. The summed E-state index contributed by atoms with van der Waals surface area (Å²) < 4.78 is 5.74. The average Bonchev–Trinajstić information content (AvgIpc) is 3.27. The molecular formula is C14H26N4O3. The molecule has 3 amide bonds. The van der Waals surface area contributed by atoms with Crippen molar-refractivity contribution in [3.05, 3.63) is 0 Å². The molecule has 2 N–H and O–H groups in total. The highest BCUT2D eigenvalue weighted by molar-refractivity contribution is 5.83. The molecule has 0 aromatic heterocycles. The predicted molar refractivity (Wildman–Crippen MR) is 79.0 cm³/mol. The smallest absolute Gasteiger partial charge is 0.314 e. The highest BCUT2D eigenvalue weighted by atomic mass is 16.5. The van der Waals surface area contributed by atoms with Gasteiger partial charge in [0.05, 0.1) is 19.3 Å². The maximum atomic E-state index is 12.3. The Hall–Kier alpha value is -1.34. The summed E-state index contributed by atoms with van der Waals surface area (Å²) in [5.74, 6) is 0.581. The first-order valence-electron chi connectivity index (χ1n) is 7.62. The molecular weight excluding hydrogens is 272 g/mol.